The smallest absolute Gasteiger partial charge is 0.303 e. The number of aliphatic carboxylic acids is 1. The molecule has 108 valence electrons. The summed E-state index contributed by atoms with van der Waals surface area (Å²) in [4.78, 5) is 25.0. The summed E-state index contributed by atoms with van der Waals surface area (Å²) in [5, 5.41) is 9.41. The largest absolute Gasteiger partial charge is 0.481 e. The van der Waals surface area contributed by atoms with E-state index in [2.05, 4.69) is 0 Å². The van der Waals surface area contributed by atoms with Crippen molar-refractivity contribution in [1.29, 1.82) is 0 Å². The van der Waals surface area contributed by atoms with Gasteiger partial charge < -0.3 is 10.0 Å². The molecule has 1 fully saturated rings. The number of hydrogen-bond donors (Lipinski definition) is 1. The third kappa shape index (κ3) is 3.73. The molecule has 0 radical (unpaired) electrons. The summed E-state index contributed by atoms with van der Waals surface area (Å²) < 4.78 is 0. The SMILES string of the molecule is Cc1cc(Cl)cc(C(=O)N2CCCC(CC(=O)O)C2)c1. The van der Waals surface area contributed by atoms with E-state index in [-0.39, 0.29) is 18.2 Å². The number of carboxylic acids is 1. The van der Waals surface area contributed by atoms with E-state index < -0.39 is 5.97 Å². The van der Waals surface area contributed by atoms with Crippen molar-refractivity contribution in [2.75, 3.05) is 13.1 Å². The van der Waals surface area contributed by atoms with Gasteiger partial charge in [-0.1, -0.05) is 11.6 Å². The van der Waals surface area contributed by atoms with E-state index in [1.165, 1.54) is 0 Å². The molecule has 0 bridgehead atoms. The average Bonchev–Trinajstić information content (AvgIpc) is 2.36. The van der Waals surface area contributed by atoms with Gasteiger partial charge in [0.1, 0.15) is 0 Å². The second-order valence-electron chi connectivity index (χ2n) is 5.37. The van der Waals surface area contributed by atoms with Crippen molar-refractivity contribution < 1.29 is 14.7 Å². The van der Waals surface area contributed by atoms with Crippen LogP contribution in [0.15, 0.2) is 18.2 Å². The molecule has 5 heteroatoms. The molecule has 1 amide bonds. The maximum atomic E-state index is 12.5. The number of likely N-dealkylation sites (tertiary alicyclic amines) is 1. The van der Waals surface area contributed by atoms with Crippen LogP contribution in [0.3, 0.4) is 0 Å². The first-order chi connectivity index (χ1) is 9.45. The van der Waals surface area contributed by atoms with Crippen LogP contribution in [-0.2, 0) is 4.79 Å². The standard InChI is InChI=1S/C15H18ClNO3/c1-10-5-12(8-13(16)6-10)15(20)17-4-2-3-11(9-17)7-14(18)19/h5-6,8,11H,2-4,7,9H2,1H3,(H,18,19). The summed E-state index contributed by atoms with van der Waals surface area (Å²) in [5.74, 6) is -0.820. The Labute approximate surface area is 123 Å². The molecular weight excluding hydrogens is 278 g/mol. The van der Waals surface area contributed by atoms with Gasteiger partial charge in [0.15, 0.2) is 0 Å². The van der Waals surface area contributed by atoms with Gasteiger partial charge in [-0.2, -0.15) is 0 Å². The normalized spacial score (nSPS) is 18.9. The number of rotatable bonds is 3. The maximum absolute atomic E-state index is 12.5. The zero-order chi connectivity index (χ0) is 14.7. The molecule has 1 aromatic rings. The minimum atomic E-state index is -0.803. The van der Waals surface area contributed by atoms with E-state index in [4.69, 9.17) is 16.7 Å². The lowest BCUT2D eigenvalue weighted by Gasteiger charge is -2.32. The van der Waals surface area contributed by atoms with Crippen molar-refractivity contribution in [3.8, 4) is 0 Å². The van der Waals surface area contributed by atoms with Crippen LogP contribution in [0.1, 0.15) is 35.2 Å². The minimum absolute atomic E-state index is 0.0467. The molecule has 1 aliphatic heterocycles. The van der Waals surface area contributed by atoms with Crippen molar-refractivity contribution >= 4 is 23.5 Å². The van der Waals surface area contributed by atoms with Gasteiger partial charge in [-0.15, -0.1) is 0 Å². The fourth-order valence-electron chi connectivity index (χ4n) is 2.71. The predicted molar refractivity (Wildman–Crippen MR) is 77.1 cm³/mol. The van der Waals surface area contributed by atoms with E-state index >= 15 is 0 Å². The molecule has 1 N–H and O–H groups in total. The Balaban J connectivity index is 2.10. The van der Waals surface area contributed by atoms with Gasteiger partial charge >= 0.3 is 5.97 Å². The van der Waals surface area contributed by atoms with Gasteiger partial charge in [0.2, 0.25) is 0 Å². The Bertz CT molecular complexity index is 510. The number of nitrogens with zero attached hydrogens (tertiary/aromatic N) is 1. The molecule has 2 rings (SSSR count). The Kier molecular flexibility index (Phi) is 4.65. The molecule has 1 saturated heterocycles. The number of aryl methyl sites for hydroxylation is 1. The van der Waals surface area contributed by atoms with Crippen molar-refractivity contribution in [3.05, 3.63) is 34.3 Å². The lowest BCUT2D eigenvalue weighted by molar-refractivity contribution is -0.138. The highest BCUT2D eigenvalue weighted by atomic mass is 35.5. The van der Waals surface area contributed by atoms with Gasteiger partial charge in [-0.05, 0) is 49.4 Å². The van der Waals surface area contributed by atoms with Gasteiger partial charge in [0.25, 0.3) is 5.91 Å². The van der Waals surface area contributed by atoms with Crippen LogP contribution in [0.5, 0.6) is 0 Å². The highest BCUT2D eigenvalue weighted by Gasteiger charge is 2.26. The predicted octanol–water partition coefficient (Wildman–Crippen LogP) is 2.98. The van der Waals surface area contributed by atoms with Crippen molar-refractivity contribution in [1.82, 2.24) is 4.90 Å². The number of carbonyl (C=O) groups excluding carboxylic acids is 1. The molecule has 1 atom stereocenters. The molecule has 0 spiro atoms. The van der Waals surface area contributed by atoms with E-state index in [9.17, 15) is 9.59 Å². The number of carbonyl (C=O) groups is 2. The quantitative estimate of drug-likeness (QED) is 0.932. The zero-order valence-corrected chi connectivity index (χ0v) is 12.2. The van der Waals surface area contributed by atoms with Gasteiger partial charge in [-0.25, -0.2) is 0 Å². The third-order valence-electron chi connectivity index (χ3n) is 3.56. The first kappa shape index (κ1) is 14.9. The zero-order valence-electron chi connectivity index (χ0n) is 11.4. The molecule has 1 heterocycles. The van der Waals surface area contributed by atoms with Crippen LogP contribution in [0, 0.1) is 12.8 Å². The molecule has 1 aliphatic rings. The monoisotopic (exact) mass is 295 g/mol. The lowest BCUT2D eigenvalue weighted by atomic mass is 9.94. The Morgan fingerprint density at radius 2 is 2.15 bits per heavy atom. The Morgan fingerprint density at radius 1 is 1.40 bits per heavy atom. The van der Waals surface area contributed by atoms with Gasteiger partial charge in [-0.3, -0.25) is 9.59 Å². The number of halogens is 1. The molecule has 4 nitrogen and oxygen atoms in total. The highest BCUT2D eigenvalue weighted by Crippen LogP contribution is 2.23. The summed E-state index contributed by atoms with van der Waals surface area (Å²) in [5.41, 5.74) is 1.52. The topological polar surface area (TPSA) is 57.6 Å². The number of amides is 1. The summed E-state index contributed by atoms with van der Waals surface area (Å²) >= 11 is 5.98. The van der Waals surface area contributed by atoms with Crippen molar-refractivity contribution in [3.63, 3.8) is 0 Å². The Morgan fingerprint density at radius 3 is 2.80 bits per heavy atom. The molecule has 0 aliphatic carbocycles. The second kappa shape index (κ2) is 6.27. The van der Waals surface area contributed by atoms with E-state index in [1.807, 2.05) is 19.1 Å². The molecule has 0 aromatic heterocycles. The number of piperidine rings is 1. The Hall–Kier alpha value is -1.55. The summed E-state index contributed by atoms with van der Waals surface area (Å²) in [7, 11) is 0. The fraction of sp³-hybridized carbons (Fsp3) is 0.467. The van der Waals surface area contributed by atoms with Crippen molar-refractivity contribution in [2.45, 2.75) is 26.2 Å². The maximum Gasteiger partial charge on any atom is 0.303 e. The summed E-state index contributed by atoms with van der Waals surface area (Å²) in [6.45, 7) is 3.09. The van der Waals surface area contributed by atoms with Crippen LogP contribution < -0.4 is 0 Å². The van der Waals surface area contributed by atoms with E-state index in [1.54, 1.807) is 11.0 Å². The third-order valence-corrected chi connectivity index (χ3v) is 3.78. The summed E-state index contributed by atoms with van der Waals surface area (Å²) in [6, 6.07) is 5.29. The number of hydrogen-bond acceptors (Lipinski definition) is 2. The second-order valence-corrected chi connectivity index (χ2v) is 5.81. The van der Waals surface area contributed by atoms with E-state index in [0.29, 0.717) is 23.7 Å². The highest BCUT2D eigenvalue weighted by molar-refractivity contribution is 6.31. The van der Waals surface area contributed by atoms with Crippen LogP contribution in [-0.4, -0.2) is 35.0 Å². The molecule has 1 unspecified atom stereocenters. The van der Waals surface area contributed by atoms with Crippen LogP contribution >= 0.6 is 11.6 Å². The molecule has 0 saturated carbocycles. The number of benzene rings is 1. The lowest BCUT2D eigenvalue weighted by Crippen LogP contribution is -2.40. The van der Waals surface area contributed by atoms with Gasteiger partial charge in [0.05, 0.1) is 0 Å². The minimum Gasteiger partial charge on any atom is -0.481 e. The van der Waals surface area contributed by atoms with Crippen molar-refractivity contribution in [2.24, 2.45) is 5.92 Å². The molecule has 1 aromatic carbocycles. The molecule has 20 heavy (non-hydrogen) atoms. The first-order valence-corrected chi connectivity index (χ1v) is 7.12. The molecular formula is C15H18ClNO3. The average molecular weight is 296 g/mol. The van der Waals surface area contributed by atoms with Crippen LogP contribution in [0.4, 0.5) is 0 Å². The fourth-order valence-corrected chi connectivity index (χ4v) is 3.00. The van der Waals surface area contributed by atoms with Crippen LogP contribution in [0.25, 0.3) is 0 Å². The first-order valence-electron chi connectivity index (χ1n) is 6.74. The summed E-state index contributed by atoms with van der Waals surface area (Å²) in [6.07, 6.45) is 1.84. The number of carboxylic acid groups (broad SMARTS) is 1. The van der Waals surface area contributed by atoms with E-state index in [0.717, 1.165) is 18.4 Å². The van der Waals surface area contributed by atoms with Gasteiger partial charge in [0, 0.05) is 30.1 Å². The van der Waals surface area contributed by atoms with Crippen LogP contribution in [0.2, 0.25) is 5.02 Å².